The van der Waals surface area contributed by atoms with Gasteiger partial charge in [0, 0.05) is 31.0 Å². The summed E-state index contributed by atoms with van der Waals surface area (Å²) in [5.41, 5.74) is 4.17. The van der Waals surface area contributed by atoms with E-state index in [9.17, 15) is 0 Å². The Morgan fingerprint density at radius 1 is 1.65 bits per heavy atom. The van der Waals surface area contributed by atoms with Crippen molar-refractivity contribution in [3.05, 3.63) is 30.1 Å². The summed E-state index contributed by atoms with van der Waals surface area (Å²) in [5.74, 6) is 6.20. The molecule has 4 heteroatoms. The molecule has 94 valence electrons. The van der Waals surface area contributed by atoms with Crippen LogP contribution in [0.5, 0.6) is 0 Å². The molecule has 2 rings (SSSR count). The molecule has 0 bridgehead atoms. The van der Waals surface area contributed by atoms with E-state index in [4.69, 9.17) is 10.6 Å². The molecule has 3 atom stereocenters. The third kappa shape index (κ3) is 3.03. The van der Waals surface area contributed by atoms with Gasteiger partial charge in [0.1, 0.15) is 0 Å². The lowest BCUT2D eigenvalue weighted by Crippen LogP contribution is -2.45. The predicted molar refractivity (Wildman–Crippen MR) is 67.2 cm³/mol. The number of hydrogen-bond donors (Lipinski definition) is 2. The largest absolute Gasteiger partial charge is 0.378 e. The average molecular weight is 235 g/mol. The Morgan fingerprint density at radius 3 is 3.18 bits per heavy atom. The van der Waals surface area contributed by atoms with Crippen molar-refractivity contribution < 1.29 is 4.74 Å². The van der Waals surface area contributed by atoms with Crippen molar-refractivity contribution in [3.63, 3.8) is 0 Å². The molecule has 1 saturated heterocycles. The van der Waals surface area contributed by atoms with Crippen molar-refractivity contribution >= 4 is 0 Å². The number of rotatable bonds is 5. The molecule has 1 fully saturated rings. The van der Waals surface area contributed by atoms with E-state index in [-0.39, 0.29) is 6.04 Å². The van der Waals surface area contributed by atoms with Crippen LogP contribution in [0.15, 0.2) is 24.5 Å². The van der Waals surface area contributed by atoms with Crippen molar-refractivity contribution in [1.29, 1.82) is 0 Å². The zero-order valence-electron chi connectivity index (χ0n) is 10.3. The van der Waals surface area contributed by atoms with Crippen LogP contribution in [0.2, 0.25) is 0 Å². The highest BCUT2D eigenvalue weighted by molar-refractivity contribution is 5.11. The van der Waals surface area contributed by atoms with Gasteiger partial charge in [-0.05, 0) is 30.9 Å². The van der Waals surface area contributed by atoms with Crippen molar-refractivity contribution in [2.45, 2.75) is 38.3 Å². The summed E-state index contributed by atoms with van der Waals surface area (Å²) in [4.78, 5) is 4.14. The summed E-state index contributed by atoms with van der Waals surface area (Å²) >= 11 is 0. The van der Waals surface area contributed by atoms with Crippen molar-refractivity contribution in [2.75, 3.05) is 6.61 Å². The van der Waals surface area contributed by atoms with Gasteiger partial charge < -0.3 is 4.74 Å². The third-order valence-corrected chi connectivity index (χ3v) is 3.57. The fraction of sp³-hybridized carbons (Fsp3) is 0.615. The van der Waals surface area contributed by atoms with E-state index in [1.165, 1.54) is 5.56 Å². The van der Waals surface area contributed by atoms with Gasteiger partial charge in [0.2, 0.25) is 0 Å². The Bertz CT molecular complexity index is 331. The molecule has 3 N–H and O–H groups in total. The SMILES string of the molecule is CCC1OCCC1C(Cc1cccnc1)NN. The lowest BCUT2D eigenvalue weighted by atomic mass is 9.88. The first-order valence-corrected chi connectivity index (χ1v) is 6.31. The van der Waals surface area contributed by atoms with Gasteiger partial charge in [0.05, 0.1) is 6.10 Å². The van der Waals surface area contributed by atoms with Gasteiger partial charge in [0.15, 0.2) is 0 Å². The molecule has 0 aromatic carbocycles. The van der Waals surface area contributed by atoms with Gasteiger partial charge in [-0.2, -0.15) is 0 Å². The minimum Gasteiger partial charge on any atom is -0.378 e. The molecule has 1 aliphatic heterocycles. The number of nitrogens with one attached hydrogen (secondary N) is 1. The van der Waals surface area contributed by atoms with Crippen molar-refractivity contribution in [1.82, 2.24) is 10.4 Å². The van der Waals surface area contributed by atoms with E-state index < -0.39 is 0 Å². The first-order chi connectivity index (χ1) is 8.35. The topological polar surface area (TPSA) is 60.2 Å². The summed E-state index contributed by atoms with van der Waals surface area (Å²) in [5, 5.41) is 0. The number of pyridine rings is 1. The second kappa shape index (κ2) is 6.10. The molecular formula is C13H21N3O. The molecule has 3 unspecified atom stereocenters. The van der Waals surface area contributed by atoms with E-state index in [1.807, 2.05) is 12.3 Å². The summed E-state index contributed by atoms with van der Waals surface area (Å²) in [7, 11) is 0. The molecule has 17 heavy (non-hydrogen) atoms. The summed E-state index contributed by atoms with van der Waals surface area (Å²) in [6, 6.07) is 4.33. The van der Waals surface area contributed by atoms with Gasteiger partial charge in [-0.1, -0.05) is 13.0 Å². The highest BCUT2D eigenvalue weighted by atomic mass is 16.5. The number of ether oxygens (including phenoxy) is 1. The fourth-order valence-electron chi connectivity index (χ4n) is 2.65. The molecule has 2 heterocycles. The maximum atomic E-state index is 5.72. The maximum absolute atomic E-state index is 5.72. The van der Waals surface area contributed by atoms with Crippen LogP contribution < -0.4 is 11.3 Å². The monoisotopic (exact) mass is 235 g/mol. The second-order valence-electron chi connectivity index (χ2n) is 4.61. The molecule has 0 amide bonds. The molecule has 0 aliphatic carbocycles. The zero-order chi connectivity index (χ0) is 12.1. The summed E-state index contributed by atoms with van der Waals surface area (Å²) in [6.07, 6.45) is 7.09. The van der Waals surface area contributed by atoms with Gasteiger partial charge in [0.25, 0.3) is 0 Å². The first-order valence-electron chi connectivity index (χ1n) is 6.31. The normalized spacial score (nSPS) is 26.0. The Labute approximate surface area is 103 Å². The number of aromatic nitrogens is 1. The molecule has 1 aliphatic rings. The number of hydrogen-bond acceptors (Lipinski definition) is 4. The van der Waals surface area contributed by atoms with Crippen molar-refractivity contribution in [3.8, 4) is 0 Å². The molecule has 1 aromatic heterocycles. The van der Waals surface area contributed by atoms with Crippen molar-refractivity contribution in [2.24, 2.45) is 11.8 Å². The van der Waals surface area contributed by atoms with Crippen LogP contribution in [0, 0.1) is 5.92 Å². The molecule has 4 nitrogen and oxygen atoms in total. The minimum atomic E-state index is 0.270. The van der Waals surface area contributed by atoms with Gasteiger partial charge >= 0.3 is 0 Å². The van der Waals surface area contributed by atoms with E-state index in [0.717, 1.165) is 25.9 Å². The fourth-order valence-corrected chi connectivity index (χ4v) is 2.65. The number of hydrazine groups is 1. The van der Waals surface area contributed by atoms with E-state index in [2.05, 4.69) is 23.4 Å². The Kier molecular flexibility index (Phi) is 4.48. The smallest absolute Gasteiger partial charge is 0.0617 e. The maximum Gasteiger partial charge on any atom is 0.0617 e. The Balaban J connectivity index is 2.01. The quantitative estimate of drug-likeness (QED) is 0.596. The molecule has 0 radical (unpaired) electrons. The van der Waals surface area contributed by atoms with Crippen LogP contribution in [0.1, 0.15) is 25.3 Å². The molecule has 0 spiro atoms. The Hall–Kier alpha value is -0.970. The van der Waals surface area contributed by atoms with Crippen LogP contribution >= 0.6 is 0 Å². The molecule has 1 aromatic rings. The van der Waals surface area contributed by atoms with E-state index >= 15 is 0 Å². The van der Waals surface area contributed by atoms with Crippen LogP contribution in [0.4, 0.5) is 0 Å². The standard InChI is InChI=1S/C13H21N3O/c1-2-13-11(5-7-17-13)12(16-14)8-10-4-3-6-15-9-10/h3-4,6,9,11-13,16H,2,5,7-8,14H2,1H3. The summed E-state index contributed by atoms with van der Waals surface area (Å²) < 4.78 is 5.72. The van der Waals surface area contributed by atoms with Crippen LogP contribution in [0.3, 0.4) is 0 Å². The molecular weight excluding hydrogens is 214 g/mol. The number of nitrogens with zero attached hydrogens (tertiary/aromatic N) is 1. The summed E-state index contributed by atoms with van der Waals surface area (Å²) in [6.45, 7) is 3.02. The van der Waals surface area contributed by atoms with Gasteiger partial charge in [-0.3, -0.25) is 16.3 Å². The Morgan fingerprint density at radius 2 is 2.53 bits per heavy atom. The highest BCUT2D eigenvalue weighted by Gasteiger charge is 2.33. The predicted octanol–water partition coefficient (Wildman–Crippen LogP) is 1.27. The van der Waals surface area contributed by atoms with Gasteiger partial charge in [-0.15, -0.1) is 0 Å². The zero-order valence-corrected chi connectivity index (χ0v) is 10.3. The lowest BCUT2D eigenvalue weighted by molar-refractivity contribution is 0.0774. The van der Waals surface area contributed by atoms with Crippen LogP contribution in [-0.2, 0) is 11.2 Å². The number of nitrogens with two attached hydrogens (primary N) is 1. The second-order valence-corrected chi connectivity index (χ2v) is 4.61. The van der Waals surface area contributed by atoms with Crippen LogP contribution in [0.25, 0.3) is 0 Å². The molecule has 0 saturated carbocycles. The first kappa shape index (κ1) is 12.5. The highest BCUT2D eigenvalue weighted by Crippen LogP contribution is 2.27. The van der Waals surface area contributed by atoms with Crippen LogP contribution in [-0.4, -0.2) is 23.7 Å². The van der Waals surface area contributed by atoms with E-state index in [0.29, 0.717) is 12.0 Å². The third-order valence-electron chi connectivity index (χ3n) is 3.57. The lowest BCUT2D eigenvalue weighted by Gasteiger charge is -2.26. The minimum absolute atomic E-state index is 0.270. The average Bonchev–Trinajstić information content (AvgIpc) is 2.85. The van der Waals surface area contributed by atoms with Gasteiger partial charge in [-0.25, -0.2) is 0 Å². The van der Waals surface area contributed by atoms with E-state index in [1.54, 1.807) is 6.20 Å².